The summed E-state index contributed by atoms with van der Waals surface area (Å²) in [6, 6.07) is 12.5. The molecule has 3 aromatic rings. The normalized spacial score (nSPS) is 11.0. The molecule has 0 aliphatic carbocycles. The standard InChI is InChI=1S/C20H16Br2N2O5/c1-2-27-18(25)11-28-19-14(21)7-12(8-15(19)22)10-23-24-20(26)17-9-13-5-3-4-6-16(13)29-17/h3-10H,2,11H2,1H3,(H,24,26)/b23-10+. The third-order valence-electron chi connectivity index (χ3n) is 3.69. The van der Waals surface area contributed by atoms with Crippen LogP contribution < -0.4 is 10.2 Å². The van der Waals surface area contributed by atoms with Gasteiger partial charge in [-0.05, 0) is 68.6 Å². The van der Waals surface area contributed by atoms with E-state index in [-0.39, 0.29) is 12.4 Å². The van der Waals surface area contributed by atoms with Gasteiger partial charge in [0.2, 0.25) is 0 Å². The largest absolute Gasteiger partial charge is 0.480 e. The van der Waals surface area contributed by atoms with Crippen molar-refractivity contribution in [2.24, 2.45) is 5.10 Å². The summed E-state index contributed by atoms with van der Waals surface area (Å²) in [4.78, 5) is 23.6. The predicted octanol–water partition coefficient (Wildman–Crippen LogP) is 4.66. The van der Waals surface area contributed by atoms with Crippen molar-refractivity contribution >= 4 is 60.9 Å². The monoisotopic (exact) mass is 522 g/mol. The number of fused-ring (bicyclic) bond motifs is 1. The molecule has 1 N–H and O–H groups in total. The number of halogens is 2. The molecule has 0 aliphatic heterocycles. The zero-order valence-electron chi connectivity index (χ0n) is 15.3. The van der Waals surface area contributed by atoms with Crippen LogP contribution in [-0.2, 0) is 9.53 Å². The number of hydrazone groups is 1. The molecule has 0 saturated carbocycles. The van der Waals surface area contributed by atoms with Crippen molar-refractivity contribution in [1.82, 2.24) is 5.43 Å². The average molecular weight is 524 g/mol. The van der Waals surface area contributed by atoms with E-state index in [4.69, 9.17) is 13.9 Å². The highest BCUT2D eigenvalue weighted by molar-refractivity contribution is 9.11. The van der Waals surface area contributed by atoms with Gasteiger partial charge in [-0.1, -0.05) is 18.2 Å². The van der Waals surface area contributed by atoms with E-state index < -0.39 is 11.9 Å². The SMILES string of the molecule is CCOC(=O)COc1c(Br)cc(/C=N/NC(=O)c2cc3ccccc3o2)cc1Br. The first-order valence-electron chi connectivity index (χ1n) is 8.57. The molecule has 0 atom stereocenters. The molecular formula is C20H16Br2N2O5. The van der Waals surface area contributed by atoms with Gasteiger partial charge < -0.3 is 13.9 Å². The van der Waals surface area contributed by atoms with Crippen molar-refractivity contribution in [1.29, 1.82) is 0 Å². The third kappa shape index (κ3) is 5.45. The van der Waals surface area contributed by atoms with Crippen molar-refractivity contribution in [2.45, 2.75) is 6.92 Å². The summed E-state index contributed by atoms with van der Waals surface area (Å²) in [5.41, 5.74) is 3.75. The van der Waals surface area contributed by atoms with E-state index in [0.717, 1.165) is 5.39 Å². The second kappa shape index (κ2) is 9.71. The predicted molar refractivity (Wildman–Crippen MR) is 115 cm³/mol. The van der Waals surface area contributed by atoms with E-state index in [0.29, 0.717) is 32.4 Å². The van der Waals surface area contributed by atoms with Crippen LogP contribution in [0.25, 0.3) is 11.0 Å². The minimum Gasteiger partial charge on any atom is -0.480 e. The first-order chi connectivity index (χ1) is 14.0. The summed E-state index contributed by atoms with van der Waals surface area (Å²) in [5.74, 6) is -0.273. The molecule has 0 radical (unpaired) electrons. The Morgan fingerprint density at radius 1 is 1.17 bits per heavy atom. The fourth-order valence-electron chi connectivity index (χ4n) is 2.44. The fourth-order valence-corrected chi connectivity index (χ4v) is 3.89. The van der Waals surface area contributed by atoms with Crippen LogP contribution in [0.3, 0.4) is 0 Å². The van der Waals surface area contributed by atoms with Crippen LogP contribution in [0.4, 0.5) is 0 Å². The van der Waals surface area contributed by atoms with Crippen LogP contribution >= 0.6 is 31.9 Å². The Hall–Kier alpha value is -2.65. The number of esters is 1. The van der Waals surface area contributed by atoms with Gasteiger partial charge in [-0.15, -0.1) is 0 Å². The smallest absolute Gasteiger partial charge is 0.344 e. The second-order valence-electron chi connectivity index (χ2n) is 5.75. The maximum Gasteiger partial charge on any atom is 0.344 e. The Morgan fingerprint density at radius 2 is 1.90 bits per heavy atom. The van der Waals surface area contributed by atoms with Gasteiger partial charge in [0.1, 0.15) is 11.3 Å². The Labute approximate surface area is 183 Å². The zero-order valence-corrected chi connectivity index (χ0v) is 18.4. The number of amides is 1. The molecule has 0 fully saturated rings. The Kier molecular flexibility index (Phi) is 7.05. The van der Waals surface area contributed by atoms with Crippen molar-refractivity contribution in [3.8, 4) is 5.75 Å². The second-order valence-corrected chi connectivity index (χ2v) is 7.46. The van der Waals surface area contributed by atoms with Crippen LogP contribution in [0.5, 0.6) is 5.75 Å². The summed E-state index contributed by atoms with van der Waals surface area (Å²) in [5, 5.41) is 4.80. The molecule has 1 amide bonds. The lowest BCUT2D eigenvalue weighted by atomic mass is 10.2. The van der Waals surface area contributed by atoms with E-state index in [2.05, 4.69) is 42.4 Å². The number of carbonyl (C=O) groups excluding carboxylic acids is 2. The lowest BCUT2D eigenvalue weighted by Crippen LogP contribution is -2.16. The Bertz CT molecular complexity index is 1020. The minimum absolute atomic E-state index is 0.174. The van der Waals surface area contributed by atoms with Gasteiger partial charge >= 0.3 is 11.9 Å². The van der Waals surface area contributed by atoms with Gasteiger partial charge in [0.15, 0.2) is 12.4 Å². The molecule has 7 nitrogen and oxygen atoms in total. The molecule has 1 heterocycles. The quantitative estimate of drug-likeness (QED) is 0.276. The van der Waals surface area contributed by atoms with Crippen molar-refractivity contribution in [3.05, 3.63) is 62.7 Å². The van der Waals surface area contributed by atoms with Gasteiger partial charge in [0, 0.05) is 5.39 Å². The van der Waals surface area contributed by atoms with Gasteiger partial charge in [-0.25, -0.2) is 10.2 Å². The summed E-state index contributed by atoms with van der Waals surface area (Å²) in [7, 11) is 0. The van der Waals surface area contributed by atoms with Crippen molar-refractivity contribution in [3.63, 3.8) is 0 Å². The molecule has 1 aromatic heterocycles. The van der Waals surface area contributed by atoms with Crippen molar-refractivity contribution < 1.29 is 23.5 Å². The molecule has 3 rings (SSSR count). The summed E-state index contributed by atoms with van der Waals surface area (Å²) in [6.45, 7) is 1.82. The maximum atomic E-state index is 12.2. The summed E-state index contributed by atoms with van der Waals surface area (Å²) in [6.07, 6.45) is 1.48. The summed E-state index contributed by atoms with van der Waals surface area (Å²) < 4.78 is 17.0. The number of rotatable bonds is 7. The van der Waals surface area contributed by atoms with Gasteiger partial charge in [0.05, 0.1) is 21.8 Å². The van der Waals surface area contributed by atoms with E-state index in [9.17, 15) is 9.59 Å². The molecule has 29 heavy (non-hydrogen) atoms. The van der Waals surface area contributed by atoms with Gasteiger partial charge in [-0.2, -0.15) is 5.10 Å². The number of nitrogens with one attached hydrogen (secondary N) is 1. The number of nitrogens with zero attached hydrogens (tertiary/aromatic N) is 1. The minimum atomic E-state index is -0.454. The first-order valence-corrected chi connectivity index (χ1v) is 10.2. The van der Waals surface area contributed by atoms with Gasteiger partial charge in [-0.3, -0.25) is 4.79 Å². The zero-order chi connectivity index (χ0) is 20.8. The highest BCUT2D eigenvalue weighted by Crippen LogP contribution is 2.34. The average Bonchev–Trinajstić information content (AvgIpc) is 3.12. The molecule has 150 valence electrons. The number of hydrogen-bond donors (Lipinski definition) is 1. The Balaban J connectivity index is 1.64. The third-order valence-corrected chi connectivity index (χ3v) is 4.87. The molecule has 0 bridgehead atoms. The van der Waals surface area contributed by atoms with Crippen molar-refractivity contribution in [2.75, 3.05) is 13.2 Å². The number of para-hydroxylation sites is 1. The lowest BCUT2D eigenvalue weighted by Gasteiger charge is -2.10. The van der Waals surface area contributed by atoms with Crippen LogP contribution in [0.15, 0.2) is 60.9 Å². The van der Waals surface area contributed by atoms with E-state index in [1.165, 1.54) is 6.21 Å². The first kappa shape index (κ1) is 21.1. The summed E-state index contributed by atoms with van der Waals surface area (Å²) >= 11 is 6.79. The van der Waals surface area contributed by atoms with Crippen LogP contribution in [0.2, 0.25) is 0 Å². The van der Waals surface area contributed by atoms with Crippen LogP contribution in [-0.4, -0.2) is 31.3 Å². The molecule has 0 aliphatic rings. The lowest BCUT2D eigenvalue weighted by molar-refractivity contribution is -0.145. The number of hydrogen-bond acceptors (Lipinski definition) is 6. The number of carbonyl (C=O) groups is 2. The number of ether oxygens (including phenoxy) is 2. The van der Waals surface area contributed by atoms with Gasteiger partial charge in [0.25, 0.3) is 0 Å². The molecule has 2 aromatic carbocycles. The topological polar surface area (TPSA) is 90.1 Å². The molecule has 9 heteroatoms. The van der Waals surface area contributed by atoms with E-state index in [1.807, 2.05) is 18.2 Å². The van der Waals surface area contributed by atoms with E-state index >= 15 is 0 Å². The molecule has 0 saturated heterocycles. The highest BCUT2D eigenvalue weighted by Gasteiger charge is 2.13. The molecule has 0 spiro atoms. The van der Waals surface area contributed by atoms with Crippen LogP contribution in [0, 0.1) is 0 Å². The number of furan rings is 1. The number of benzene rings is 2. The maximum absolute atomic E-state index is 12.2. The van der Waals surface area contributed by atoms with E-state index in [1.54, 1.807) is 31.2 Å². The highest BCUT2D eigenvalue weighted by atomic mass is 79.9. The Morgan fingerprint density at radius 3 is 2.59 bits per heavy atom. The molecular weight excluding hydrogens is 508 g/mol. The fraction of sp³-hybridized carbons (Fsp3) is 0.150. The molecule has 0 unspecified atom stereocenters. The van der Waals surface area contributed by atoms with Crippen LogP contribution in [0.1, 0.15) is 23.0 Å².